The van der Waals surface area contributed by atoms with E-state index < -0.39 is 0 Å². The Kier molecular flexibility index (Phi) is 4.35. The Balaban J connectivity index is 2.22. The fraction of sp³-hybridized carbons (Fsp3) is 0.0714. The van der Waals surface area contributed by atoms with Crippen molar-refractivity contribution in [2.75, 3.05) is 12.8 Å². The van der Waals surface area contributed by atoms with Crippen molar-refractivity contribution in [3.63, 3.8) is 0 Å². The number of carbonyl (C=O) groups is 1. The molecule has 0 bridgehead atoms. The highest BCUT2D eigenvalue weighted by Gasteiger charge is 2.07. The van der Waals surface area contributed by atoms with Gasteiger partial charge in [0.1, 0.15) is 0 Å². The standard InChI is InChI=1S/C14H13ClN2OS/c1-17-14(18)9-2-7-13(12(16)8-9)19-11-5-3-10(15)4-6-11/h2-8H,16H2,1H3,(H,17,18). The number of benzene rings is 2. The molecule has 3 N–H and O–H groups in total. The van der Waals surface area contributed by atoms with Crippen molar-refractivity contribution in [1.29, 1.82) is 0 Å². The number of halogens is 1. The minimum absolute atomic E-state index is 0.144. The lowest BCUT2D eigenvalue weighted by atomic mass is 10.2. The monoisotopic (exact) mass is 292 g/mol. The summed E-state index contributed by atoms with van der Waals surface area (Å²) < 4.78 is 0. The van der Waals surface area contributed by atoms with Crippen LogP contribution in [-0.4, -0.2) is 13.0 Å². The van der Waals surface area contributed by atoms with E-state index in [9.17, 15) is 4.79 Å². The van der Waals surface area contributed by atoms with E-state index in [1.54, 1.807) is 19.2 Å². The quantitative estimate of drug-likeness (QED) is 0.852. The third-order valence-electron chi connectivity index (χ3n) is 2.54. The largest absolute Gasteiger partial charge is 0.398 e. The number of nitrogens with two attached hydrogens (primary N) is 1. The van der Waals surface area contributed by atoms with E-state index >= 15 is 0 Å². The third kappa shape index (κ3) is 3.43. The summed E-state index contributed by atoms with van der Waals surface area (Å²) in [4.78, 5) is 13.4. The molecular weight excluding hydrogens is 280 g/mol. The summed E-state index contributed by atoms with van der Waals surface area (Å²) in [5.41, 5.74) is 7.10. The van der Waals surface area contributed by atoms with Crippen molar-refractivity contribution < 1.29 is 4.79 Å². The smallest absolute Gasteiger partial charge is 0.251 e. The topological polar surface area (TPSA) is 55.1 Å². The maximum Gasteiger partial charge on any atom is 0.251 e. The van der Waals surface area contributed by atoms with Gasteiger partial charge in [-0.25, -0.2) is 0 Å². The van der Waals surface area contributed by atoms with Gasteiger partial charge in [0.15, 0.2) is 0 Å². The first-order valence-corrected chi connectivity index (χ1v) is 6.84. The van der Waals surface area contributed by atoms with E-state index in [0.717, 1.165) is 9.79 Å². The van der Waals surface area contributed by atoms with Gasteiger partial charge >= 0.3 is 0 Å². The number of carbonyl (C=O) groups excluding carboxylic acids is 1. The zero-order valence-electron chi connectivity index (χ0n) is 10.3. The molecule has 0 fully saturated rings. The van der Waals surface area contributed by atoms with E-state index in [1.807, 2.05) is 30.3 Å². The van der Waals surface area contributed by atoms with Crippen molar-refractivity contribution in [2.24, 2.45) is 0 Å². The highest BCUT2D eigenvalue weighted by atomic mass is 35.5. The first-order valence-electron chi connectivity index (χ1n) is 5.65. The molecule has 0 radical (unpaired) electrons. The Morgan fingerprint density at radius 3 is 2.47 bits per heavy atom. The Bertz CT molecular complexity index is 599. The molecule has 0 aliphatic carbocycles. The van der Waals surface area contributed by atoms with Crippen molar-refractivity contribution in [2.45, 2.75) is 9.79 Å². The summed E-state index contributed by atoms with van der Waals surface area (Å²) in [6, 6.07) is 12.8. The summed E-state index contributed by atoms with van der Waals surface area (Å²) >= 11 is 7.37. The first-order chi connectivity index (χ1) is 9.10. The summed E-state index contributed by atoms with van der Waals surface area (Å²) in [6.45, 7) is 0. The van der Waals surface area contributed by atoms with Crippen LogP contribution in [0.4, 0.5) is 5.69 Å². The van der Waals surface area contributed by atoms with Gasteiger partial charge in [-0.2, -0.15) is 0 Å². The summed E-state index contributed by atoms with van der Waals surface area (Å²) in [5.74, 6) is -0.144. The van der Waals surface area contributed by atoms with Crippen LogP contribution in [0.3, 0.4) is 0 Å². The van der Waals surface area contributed by atoms with Gasteiger partial charge < -0.3 is 11.1 Å². The summed E-state index contributed by atoms with van der Waals surface area (Å²) in [6.07, 6.45) is 0. The van der Waals surface area contributed by atoms with Gasteiger partial charge in [0.05, 0.1) is 0 Å². The van der Waals surface area contributed by atoms with Crippen LogP contribution in [0.1, 0.15) is 10.4 Å². The predicted octanol–water partition coefficient (Wildman–Crippen LogP) is 3.43. The highest BCUT2D eigenvalue weighted by Crippen LogP contribution is 2.33. The van der Waals surface area contributed by atoms with Crippen LogP contribution in [0.5, 0.6) is 0 Å². The Morgan fingerprint density at radius 1 is 1.21 bits per heavy atom. The van der Waals surface area contributed by atoms with Gasteiger partial charge in [-0.1, -0.05) is 23.4 Å². The van der Waals surface area contributed by atoms with E-state index in [0.29, 0.717) is 16.3 Å². The molecule has 0 aromatic heterocycles. The van der Waals surface area contributed by atoms with Gasteiger partial charge in [-0.15, -0.1) is 0 Å². The molecule has 98 valence electrons. The van der Waals surface area contributed by atoms with Gasteiger partial charge in [0.25, 0.3) is 5.91 Å². The van der Waals surface area contributed by atoms with Gasteiger partial charge in [-0.05, 0) is 42.5 Å². The Morgan fingerprint density at radius 2 is 1.89 bits per heavy atom. The van der Waals surface area contributed by atoms with Crippen LogP contribution < -0.4 is 11.1 Å². The predicted molar refractivity (Wildman–Crippen MR) is 79.8 cm³/mol. The molecule has 2 aromatic rings. The molecule has 0 aliphatic heterocycles. The minimum Gasteiger partial charge on any atom is -0.398 e. The number of hydrogen-bond donors (Lipinski definition) is 2. The molecule has 0 atom stereocenters. The molecule has 0 saturated carbocycles. The Hall–Kier alpha value is -1.65. The van der Waals surface area contributed by atoms with Crippen LogP contribution in [0.15, 0.2) is 52.3 Å². The molecule has 0 heterocycles. The van der Waals surface area contributed by atoms with E-state index in [1.165, 1.54) is 11.8 Å². The maximum absolute atomic E-state index is 11.5. The second-order valence-corrected chi connectivity index (χ2v) is 5.44. The average Bonchev–Trinajstić information content (AvgIpc) is 2.42. The van der Waals surface area contributed by atoms with Crippen LogP contribution in [0, 0.1) is 0 Å². The van der Waals surface area contributed by atoms with Crippen LogP contribution in [0.2, 0.25) is 5.02 Å². The van der Waals surface area contributed by atoms with Crippen LogP contribution in [0.25, 0.3) is 0 Å². The molecule has 19 heavy (non-hydrogen) atoms. The number of anilines is 1. The molecule has 5 heteroatoms. The van der Waals surface area contributed by atoms with E-state index in [-0.39, 0.29) is 5.91 Å². The SMILES string of the molecule is CNC(=O)c1ccc(Sc2ccc(Cl)cc2)c(N)c1. The first kappa shape index (κ1) is 13.8. The molecule has 3 nitrogen and oxygen atoms in total. The second-order valence-electron chi connectivity index (χ2n) is 3.89. The van der Waals surface area contributed by atoms with Crippen molar-refractivity contribution in [3.05, 3.63) is 53.1 Å². The highest BCUT2D eigenvalue weighted by molar-refractivity contribution is 7.99. The third-order valence-corrected chi connectivity index (χ3v) is 3.89. The molecule has 0 aliphatic rings. The minimum atomic E-state index is -0.144. The fourth-order valence-corrected chi connectivity index (χ4v) is 2.52. The van der Waals surface area contributed by atoms with Crippen molar-refractivity contribution >= 4 is 35.0 Å². The second kappa shape index (κ2) is 5.99. The number of hydrogen-bond acceptors (Lipinski definition) is 3. The zero-order chi connectivity index (χ0) is 13.8. The molecular formula is C14H13ClN2OS. The van der Waals surface area contributed by atoms with Crippen molar-refractivity contribution in [3.8, 4) is 0 Å². The summed E-state index contributed by atoms with van der Waals surface area (Å²) in [5, 5.41) is 3.27. The molecule has 0 spiro atoms. The molecule has 2 rings (SSSR count). The zero-order valence-corrected chi connectivity index (χ0v) is 11.9. The van der Waals surface area contributed by atoms with Crippen LogP contribution >= 0.6 is 23.4 Å². The van der Waals surface area contributed by atoms with Gasteiger partial charge in [0.2, 0.25) is 0 Å². The van der Waals surface area contributed by atoms with Gasteiger partial charge in [0, 0.05) is 33.1 Å². The molecule has 1 amide bonds. The average molecular weight is 293 g/mol. The van der Waals surface area contributed by atoms with E-state index in [4.69, 9.17) is 17.3 Å². The Labute approximate surface area is 121 Å². The molecule has 2 aromatic carbocycles. The number of amides is 1. The van der Waals surface area contributed by atoms with Crippen molar-refractivity contribution in [1.82, 2.24) is 5.32 Å². The lowest BCUT2D eigenvalue weighted by Gasteiger charge is -2.07. The van der Waals surface area contributed by atoms with Crippen LogP contribution in [-0.2, 0) is 0 Å². The lowest BCUT2D eigenvalue weighted by Crippen LogP contribution is -2.17. The number of rotatable bonds is 3. The molecule has 0 unspecified atom stereocenters. The number of nitrogen functional groups attached to an aromatic ring is 1. The maximum atomic E-state index is 11.5. The molecule has 0 saturated heterocycles. The number of nitrogens with one attached hydrogen (secondary N) is 1. The normalized spacial score (nSPS) is 10.2. The van der Waals surface area contributed by atoms with Gasteiger partial charge in [-0.3, -0.25) is 4.79 Å². The van der Waals surface area contributed by atoms with E-state index in [2.05, 4.69) is 5.32 Å². The fourth-order valence-electron chi connectivity index (χ4n) is 1.56. The summed E-state index contributed by atoms with van der Waals surface area (Å²) in [7, 11) is 1.59. The lowest BCUT2D eigenvalue weighted by molar-refractivity contribution is 0.0963.